The van der Waals surface area contributed by atoms with Crippen molar-refractivity contribution >= 4 is 9.84 Å². The van der Waals surface area contributed by atoms with Crippen LogP contribution in [0.3, 0.4) is 0 Å². The quantitative estimate of drug-likeness (QED) is 0.285. The van der Waals surface area contributed by atoms with Crippen LogP contribution in [0, 0.1) is 0 Å². The first kappa shape index (κ1) is 27.4. The van der Waals surface area contributed by atoms with Crippen LogP contribution < -0.4 is 15.0 Å². The third kappa shape index (κ3) is 5.06. The van der Waals surface area contributed by atoms with E-state index in [1.807, 2.05) is 19.1 Å². The minimum absolute atomic E-state index is 0.146. The summed E-state index contributed by atoms with van der Waals surface area (Å²) in [5, 5.41) is 10.8. The number of pyridine rings is 1. The fraction of sp³-hybridized carbons (Fsp3) is 0.300. The Hall–Kier alpha value is -4.18. The van der Waals surface area contributed by atoms with Gasteiger partial charge in [0.05, 0.1) is 19.1 Å². The molecule has 1 aliphatic rings. The number of nitrogens with zero attached hydrogens (tertiary/aromatic N) is 3. The monoisotopic (exact) mass is 561 g/mol. The van der Waals surface area contributed by atoms with Gasteiger partial charge in [0.2, 0.25) is 15.7 Å². The van der Waals surface area contributed by atoms with E-state index in [-0.39, 0.29) is 16.4 Å². The Bertz CT molecular complexity index is 1670. The average molecular weight is 562 g/mol. The lowest BCUT2D eigenvalue weighted by Crippen LogP contribution is -2.29. The largest absolute Gasteiger partial charge is 0.494 e. The van der Waals surface area contributed by atoms with Crippen LogP contribution in [-0.2, 0) is 16.3 Å². The van der Waals surface area contributed by atoms with E-state index < -0.39 is 26.2 Å². The highest BCUT2D eigenvalue weighted by atomic mass is 32.2. The molecule has 0 bridgehead atoms. The van der Waals surface area contributed by atoms with Gasteiger partial charge in [0.15, 0.2) is 4.90 Å². The second kappa shape index (κ2) is 11.1. The Morgan fingerprint density at radius 1 is 0.975 bits per heavy atom. The molecule has 40 heavy (non-hydrogen) atoms. The Morgan fingerprint density at radius 2 is 1.62 bits per heavy atom. The van der Waals surface area contributed by atoms with Gasteiger partial charge in [0, 0.05) is 29.8 Å². The van der Waals surface area contributed by atoms with Crippen molar-refractivity contribution in [2.24, 2.45) is 0 Å². The maximum atomic E-state index is 14.0. The third-order valence-electron chi connectivity index (χ3n) is 7.02. The standard InChI is InChI=1S/C30H31N3O6S/c1-4-5-9-26-32-29(34)28(30(35)33(26)27-24(38-2)7-6-8-25(27)39-3)40(36,37)22-15-12-19(13-16-22)21-14-17-23(31-18-21)20-10-11-20/h6-8,12-18,20,34H,4-5,9-11H2,1-3H3. The van der Waals surface area contributed by atoms with Crippen LogP contribution in [0.15, 0.2) is 75.4 Å². The summed E-state index contributed by atoms with van der Waals surface area (Å²) in [5.74, 6) is 0.478. The Balaban J connectivity index is 1.61. The van der Waals surface area contributed by atoms with Gasteiger partial charge in [-0.25, -0.2) is 8.42 Å². The highest BCUT2D eigenvalue weighted by Gasteiger charge is 2.31. The van der Waals surface area contributed by atoms with E-state index in [0.717, 1.165) is 36.1 Å². The Morgan fingerprint density at radius 3 is 2.17 bits per heavy atom. The van der Waals surface area contributed by atoms with E-state index in [1.165, 1.54) is 30.9 Å². The van der Waals surface area contributed by atoms with Gasteiger partial charge in [0.1, 0.15) is 23.0 Å². The molecule has 1 N–H and O–H groups in total. The highest BCUT2D eigenvalue weighted by molar-refractivity contribution is 7.91. The van der Waals surface area contributed by atoms with Gasteiger partial charge in [0.25, 0.3) is 5.56 Å². The van der Waals surface area contributed by atoms with Gasteiger partial charge in [-0.1, -0.05) is 37.6 Å². The number of ether oxygens (including phenoxy) is 2. The van der Waals surface area contributed by atoms with Gasteiger partial charge >= 0.3 is 0 Å². The zero-order valence-corrected chi connectivity index (χ0v) is 23.4. The number of unbranched alkanes of at least 4 members (excludes halogenated alkanes) is 1. The summed E-state index contributed by atoms with van der Waals surface area (Å²) in [5.41, 5.74) is 1.97. The van der Waals surface area contributed by atoms with Gasteiger partial charge in [-0.05, 0) is 55.2 Å². The molecule has 2 aromatic heterocycles. The zero-order chi connectivity index (χ0) is 28.4. The Kier molecular flexibility index (Phi) is 7.62. The predicted octanol–water partition coefficient (Wildman–Crippen LogP) is 5.07. The maximum Gasteiger partial charge on any atom is 0.281 e. The molecular weight excluding hydrogens is 530 g/mol. The Labute approximate surface area is 233 Å². The molecule has 4 aromatic rings. The topological polar surface area (TPSA) is 121 Å². The summed E-state index contributed by atoms with van der Waals surface area (Å²) >= 11 is 0. The van der Waals surface area contributed by atoms with Crippen molar-refractivity contribution < 1.29 is 23.0 Å². The van der Waals surface area contributed by atoms with Crippen molar-refractivity contribution in [3.05, 3.63) is 82.7 Å². The molecule has 10 heteroatoms. The smallest absolute Gasteiger partial charge is 0.281 e. The van der Waals surface area contributed by atoms with Gasteiger partial charge in [-0.3, -0.25) is 14.3 Å². The molecule has 0 amide bonds. The summed E-state index contributed by atoms with van der Waals surface area (Å²) in [7, 11) is -1.58. The van der Waals surface area contributed by atoms with Crippen molar-refractivity contribution in [2.45, 2.75) is 54.7 Å². The summed E-state index contributed by atoms with van der Waals surface area (Å²) in [4.78, 5) is 21.7. The maximum absolute atomic E-state index is 14.0. The minimum Gasteiger partial charge on any atom is -0.494 e. The number of aromatic nitrogens is 3. The number of para-hydroxylation sites is 1. The fourth-order valence-electron chi connectivity index (χ4n) is 4.70. The van der Waals surface area contributed by atoms with Crippen molar-refractivity contribution in [1.82, 2.24) is 14.5 Å². The number of hydrogen-bond donors (Lipinski definition) is 1. The molecule has 1 aliphatic carbocycles. The van der Waals surface area contributed by atoms with Crippen molar-refractivity contribution in [2.75, 3.05) is 14.2 Å². The molecule has 0 unspecified atom stereocenters. The second-order valence-corrected chi connectivity index (χ2v) is 11.6. The second-order valence-electron chi connectivity index (χ2n) is 9.71. The lowest BCUT2D eigenvalue weighted by Gasteiger charge is -2.19. The van der Waals surface area contributed by atoms with Crippen LogP contribution in [0.4, 0.5) is 0 Å². The minimum atomic E-state index is -4.46. The molecule has 208 valence electrons. The summed E-state index contributed by atoms with van der Waals surface area (Å²) < 4.78 is 39.7. The number of methoxy groups -OCH3 is 2. The number of benzene rings is 2. The van der Waals surface area contributed by atoms with Crippen LogP contribution in [0.5, 0.6) is 17.4 Å². The van der Waals surface area contributed by atoms with Crippen molar-refractivity contribution in [1.29, 1.82) is 0 Å². The van der Waals surface area contributed by atoms with E-state index in [0.29, 0.717) is 30.3 Å². The average Bonchev–Trinajstić information content (AvgIpc) is 3.81. The van der Waals surface area contributed by atoms with E-state index in [1.54, 1.807) is 36.5 Å². The van der Waals surface area contributed by atoms with E-state index in [4.69, 9.17) is 9.47 Å². The molecule has 0 atom stereocenters. The first-order valence-corrected chi connectivity index (χ1v) is 14.7. The highest BCUT2D eigenvalue weighted by Crippen LogP contribution is 2.39. The molecular formula is C30H31N3O6S. The van der Waals surface area contributed by atoms with Crippen LogP contribution in [-0.4, -0.2) is 42.3 Å². The predicted molar refractivity (Wildman–Crippen MR) is 150 cm³/mol. The van der Waals surface area contributed by atoms with E-state index in [9.17, 15) is 18.3 Å². The number of rotatable bonds is 10. The van der Waals surface area contributed by atoms with Crippen LogP contribution >= 0.6 is 0 Å². The van der Waals surface area contributed by atoms with Crippen molar-refractivity contribution in [3.63, 3.8) is 0 Å². The van der Waals surface area contributed by atoms with Crippen LogP contribution in [0.2, 0.25) is 0 Å². The fourth-order valence-corrected chi connectivity index (χ4v) is 6.04. The first-order valence-electron chi connectivity index (χ1n) is 13.2. The van der Waals surface area contributed by atoms with Gasteiger partial charge < -0.3 is 14.6 Å². The van der Waals surface area contributed by atoms with E-state index >= 15 is 0 Å². The SMILES string of the molecule is CCCCc1nc(O)c(S(=O)(=O)c2ccc(-c3ccc(C4CC4)nc3)cc2)c(=O)n1-c1c(OC)cccc1OC. The summed E-state index contributed by atoms with van der Waals surface area (Å²) in [6.45, 7) is 1.98. The van der Waals surface area contributed by atoms with Gasteiger partial charge in [-0.2, -0.15) is 4.98 Å². The number of hydrogen-bond acceptors (Lipinski definition) is 8. The number of aromatic hydroxyl groups is 1. The molecule has 1 fully saturated rings. The van der Waals surface area contributed by atoms with Gasteiger partial charge in [-0.15, -0.1) is 0 Å². The number of aryl methyl sites for hydroxylation is 1. The molecule has 1 saturated carbocycles. The summed E-state index contributed by atoms with van der Waals surface area (Å²) in [6, 6.07) is 15.1. The normalized spacial score (nSPS) is 13.3. The van der Waals surface area contributed by atoms with Crippen molar-refractivity contribution in [3.8, 4) is 34.2 Å². The molecule has 2 aromatic carbocycles. The molecule has 0 aliphatic heterocycles. The summed E-state index contributed by atoms with van der Waals surface area (Å²) in [6.07, 6.45) is 5.88. The van der Waals surface area contributed by atoms with Crippen LogP contribution in [0.25, 0.3) is 16.8 Å². The molecule has 5 rings (SSSR count). The zero-order valence-electron chi connectivity index (χ0n) is 22.6. The molecule has 0 radical (unpaired) electrons. The third-order valence-corrected chi connectivity index (χ3v) is 8.81. The van der Waals surface area contributed by atoms with E-state index in [2.05, 4.69) is 9.97 Å². The molecule has 9 nitrogen and oxygen atoms in total. The molecule has 2 heterocycles. The van der Waals surface area contributed by atoms with Crippen LogP contribution in [0.1, 0.15) is 50.0 Å². The lowest BCUT2D eigenvalue weighted by molar-refractivity contribution is 0.386. The molecule has 0 spiro atoms. The molecule has 0 saturated heterocycles. The first-order chi connectivity index (χ1) is 19.3. The lowest BCUT2D eigenvalue weighted by atomic mass is 10.1. The number of sulfone groups is 1.